The second-order valence-corrected chi connectivity index (χ2v) is 4.10. The first-order chi connectivity index (χ1) is 4.34. The summed E-state index contributed by atoms with van der Waals surface area (Å²) in [6.45, 7) is 0. The van der Waals surface area contributed by atoms with Crippen molar-refractivity contribution in [2.45, 2.75) is 16.3 Å². The summed E-state index contributed by atoms with van der Waals surface area (Å²) in [5.74, 6) is -0.709. The Kier molecular flexibility index (Phi) is 3.73. The van der Waals surface area contributed by atoms with Gasteiger partial charge >= 0.3 is 0 Å². The Balaban J connectivity index is 3.85. The highest BCUT2D eigenvalue weighted by molar-refractivity contribution is 6.68. The number of primary amides is 1. The van der Waals surface area contributed by atoms with Gasteiger partial charge in [-0.05, 0) is 0 Å². The van der Waals surface area contributed by atoms with Crippen molar-refractivity contribution in [3.63, 3.8) is 0 Å². The van der Waals surface area contributed by atoms with Crippen molar-refractivity contribution in [1.29, 1.82) is 0 Å². The smallest absolute Gasteiger partial charge is 0.220 e. The van der Waals surface area contributed by atoms with Gasteiger partial charge in [0.2, 0.25) is 9.70 Å². The van der Waals surface area contributed by atoms with Crippen LogP contribution in [0.1, 0.15) is 6.42 Å². The van der Waals surface area contributed by atoms with Crippen LogP contribution in [0.2, 0.25) is 0 Å². The highest BCUT2D eigenvalue weighted by atomic mass is 35.6. The Labute approximate surface area is 73.0 Å². The van der Waals surface area contributed by atoms with Gasteiger partial charge in [0.15, 0.2) is 0 Å². The third-order valence-electron chi connectivity index (χ3n) is 0.772. The summed E-state index contributed by atoms with van der Waals surface area (Å²) in [5, 5.41) is 8.86. The Hall–Kier alpha value is 0.300. The molecule has 0 aliphatic carbocycles. The Morgan fingerprint density at radius 3 is 2.10 bits per heavy atom. The molecule has 10 heavy (non-hydrogen) atoms. The number of carbonyl (C=O) groups is 1. The number of rotatable bonds is 2. The molecular formula is C4H6Cl3NO2. The fourth-order valence-corrected chi connectivity index (χ4v) is 0.538. The van der Waals surface area contributed by atoms with Crippen LogP contribution in [0.25, 0.3) is 0 Å². The predicted molar refractivity (Wildman–Crippen MR) is 40.1 cm³/mol. The Morgan fingerprint density at radius 1 is 1.60 bits per heavy atom. The number of halogens is 3. The van der Waals surface area contributed by atoms with Crippen LogP contribution >= 0.6 is 34.8 Å². The standard InChI is InChI=1S/C4H6Cl3NO2/c5-4(6,7)2(9)1-3(8)10/h2,9H,1H2,(H2,8,10)/t2-/m0/s1. The first-order valence-corrected chi connectivity index (χ1v) is 3.50. The number of aliphatic hydroxyl groups is 1. The van der Waals surface area contributed by atoms with E-state index in [1.807, 2.05) is 0 Å². The van der Waals surface area contributed by atoms with E-state index in [0.717, 1.165) is 0 Å². The SMILES string of the molecule is NC(=O)C[C@H](O)C(Cl)(Cl)Cl. The molecule has 1 atom stereocenters. The molecule has 0 bridgehead atoms. The van der Waals surface area contributed by atoms with Crippen LogP contribution in [0.5, 0.6) is 0 Å². The van der Waals surface area contributed by atoms with Gasteiger partial charge in [-0.2, -0.15) is 0 Å². The van der Waals surface area contributed by atoms with E-state index in [2.05, 4.69) is 0 Å². The van der Waals surface area contributed by atoms with E-state index in [1.54, 1.807) is 0 Å². The van der Waals surface area contributed by atoms with Gasteiger partial charge in [-0.1, -0.05) is 34.8 Å². The van der Waals surface area contributed by atoms with E-state index >= 15 is 0 Å². The Morgan fingerprint density at radius 2 is 2.00 bits per heavy atom. The van der Waals surface area contributed by atoms with Crippen molar-refractivity contribution < 1.29 is 9.90 Å². The van der Waals surface area contributed by atoms with E-state index in [1.165, 1.54) is 0 Å². The molecule has 0 aromatic rings. The molecule has 0 unspecified atom stereocenters. The summed E-state index contributed by atoms with van der Waals surface area (Å²) in [7, 11) is 0. The lowest BCUT2D eigenvalue weighted by molar-refractivity contribution is -0.119. The van der Waals surface area contributed by atoms with Crippen LogP contribution in [0.15, 0.2) is 0 Å². The molecule has 0 heterocycles. The number of carbonyl (C=O) groups excluding carboxylic acids is 1. The fourth-order valence-electron chi connectivity index (χ4n) is 0.306. The number of hydrogen-bond donors (Lipinski definition) is 2. The van der Waals surface area contributed by atoms with Gasteiger partial charge < -0.3 is 10.8 Å². The normalized spacial score (nSPS) is 14.8. The van der Waals surface area contributed by atoms with Gasteiger partial charge in [0.25, 0.3) is 0 Å². The molecule has 3 nitrogen and oxygen atoms in total. The largest absolute Gasteiger partial charge is 0.388 e. The summed E-state index contributed by atoms with van der Waals surface area (Å²) in [4.78, 5) is 10.1. The van der Waals surface area contributed by atoms with E-state index < -0.39 is 15.8 Å². The van der Waals surface area contributed by atoms with E-state index in [4.69, 9.17) is 45.6 Å². The summed E-state index contributed by atoms with van der Waals surface area (Å²) in [6.07, 6.45) is -1.69. The molecule has 6 heteroatoms. The molecule has 0 aromatic carbocycles. The lowest BCUT2D eigenvalue weighted by atomic mass is 10.3. The zero-order valence-corrected chi connectivity index (χ0v) is 7.12. The second kappa shape index (κ2) is 3.62. The highest BCUT2D eigenvalue weighted by Crippen LogP contribution is 2.31. The molecule has 0 spiro atoms. The molecule has 0 rings (SSSR count). The molecule has 3 N–H and O–H groups in total. The monoisotopic (exact) mass is 205 g/mol. The van der Waals surface area contributed by atoms with E-state index in [0.29, 0.717) is 0 Å². The number of aliphatic hydroxyl groups excluding tert-OH is 1. The average Bonchev–Trinajstić information content (AvgIpc) is 1.60. The molecule has 0 aromatic heterocycles. The number of nitrogens with two attached hydrogens (primary N) is 1. The maximum atomic E-state index is 10.1. The van der Waals surface area contributed by atoms with E-state index in [-0.39, 0.29) is 6.42 Å². The van der Waals surface area contributed by atoms with Crippen molar-refractivity contribution in [3.05, 3.63) is 0 Å². The quantitative estimate of drug-likeness (QED) is 0.650. The van der Waals surface area contributed by atoms with Gasteiger partial charge in [-0.15, -0.1) is 0 Å². The summed E-state index contributed by atoms with van der Waals surface area (Å²) < 4.78 is -1.84. The maximum Gasteiger partial charge on any atom is 0.220 e. The zero-order chi connectivity index (χ0) is 8.36. The van der Waals surface area contributed by atoms with Crippen molar-refractivity contribution in [1.82, 2.24) is 0 Å². The van der Waals surface area contributed by atoms with Crippen molar-refractivity contribution in [2.75, 3.05) is 0 Å². The van der Waals surface area contributed by atoms with Crippen LogP contribution in [0.3, 0.4) is 0 Å². The molecule has 0 fully saturated rings. The minimum absolute atomic E-state index is 0.351. The van der Waals surface area contributed by atoms with Crippen molar-refractivity contribution >= 4 is 40.7 Å². The number of amides is 1. The number of alkyl halides is 3. The molecule has 60 valence electrons. The first-order valence-electron chi connectivity index (χ1n) is 2.37. The van der Waals surface area contributed by atoms with Crippen LogP contribution < -0.4 is 5.73 Å². The predicted octanol–water partition coefficient (Wildman–Crippen LogP) is 0.593. The van der Waals surface area contributed by atoms with Gasteiger partial charge in [0.1, 0.15) is 6.10 Å². The average molecular weight is 206 g/mol. The minimum Gasteiger partial charge on any atom is -0.388 e. The highest BCUT2D eigenvalue weighted by Gasteiger charge is 2.31. The molecular weight excluding hydrogens is 200 g/mol. The maximum absolute atomic E-state index is 10.1. The fraction of sp³-hybridized carbons (Fsp3) is 0.750. The van der Waals surface area contributed by atoms with Crippen molar-refractivity contribution in [2.24, 2.45) is 5.73 Å². The van der Waals surface area contributed by atoms with Gasteiger partial charge in [0, 0.05) is 0 Å². The van der Waals surface area contributed by atoms with Crippen LogP contribution in [-0.4, -0.2) is 20.9 Å². The molecule has 0 aliphatic rings. The van der Waals surface area contributed by atoms with Gasteiger partial charge in [-0.3, -0.25) is 4.79 Å². The molecule has 0 radical (unpaired) electrons. The van der Waals surface area contributed by atoms with Gasteiger partial charge in [-0.25, -0.2) is 0 Å². The van der Waals surface area contributed by atoms with Gasteiger partial charge in [0.05, 0.1) is 6.42 Å². The number of hydrogen-bond acceptors (Lipinski definition) is 2. The first kappa shape index (κ1) is 10.3. The minimum atomic E-state index is -1.84. The zero-order valence-electron chi connectivity index (χ0n) is 4.85. The lowest BCUT2D eigenvalue weighted by Crippen LogP contribution is -2.30. The molecule has 0 aliphatic heterocycles. The van der Waals surface area contributed by atoms with Crippen LogP contribution in [0, 0.1) is 0 Å². The third kappa shape index (κ3) is 4.17. The van der Waals surface area contributed by atoms with Crippen LogP contribution in [0.4, 0.5) is 0 Å². The van der Waals surface area contributed by atoms with Crippen molar-refractivity contribution in [3.8, 4) is 0 Å². The van der Waals surface area contributed by atoms with E-state index in [9.17, 15) is 4.79 Å². The summed E-state index contributed by atoms with van der Waals surface area (Å²) >= 11 is 15.6. The second-order valence-electron chi connectivity index (χ2n) is 1.73. The molecule has 0 saturated heterocycles. The third-order valence-corrected chi connectivity index (χ3v) is 1.53. The molecule has 0 saturated carbocycles. The topological polar surface area (TPSA) is 63.3 Å². The Bertz CT molecular complexity index is 133. The lowest BCUT2D eigenvalue weighted by Gasteiger charge is -2.16. The summed E-state index contributed by atoms with van der Waals surface area (Å²) in [5.41, 5.74) is 4.72. The summed E-state index contributed by atoms with van der Waals surface area (Å²) in [6, 6.07) is 0. The molecule has 1 amide bonds. The van der Waals surface area contributed by atoms with Crippen LogP contribution in [-0.2, 0) is 4.79 Å².